The molecule has 0 aromatic heterocycles. The molecule has 0 saturated heterocycles. The molecule has 0 aliphatic heterocycles. The molecule has 3 amide bonds. The maximum Gasteiger partial charge on any atom is 0.326 e. The molecule has 0 aliphatic carbocycles. The molecule has 1 aromatic carbocycles. The molecule has 4 atom stereocenters. The van der Waals surface area contributed by atoms with Crippen molar-refractivity contribution in [3.8, 4) is 5.75 Å². The van der Waals surface area contributed by atoms with Gasteiger partial charge in [0.05, 0.1) is 12.5 Å². The van der Waals surface area contributed by atoms with Gasteiger partial charge in [-0.05, 0) is 36.0 Å². The molecule has 1 aromatic rings. The lowest BCUT2D eigenvalue weighted by Crippen LogP contribution is -2.59. The van der Waals surface area contributed by atoms with Crippen molar-refractivity contribution in [1.82, 2.24) is 16.0 Å². The molecule has 0 heterocycles. The van der Waals surface area contributed by atoms with E-state index in [0.29, 0.717) is 12.0 Å². The van der Waals surface area contributed by atoms with Crippen molar-refractivity contribution in [2.45, 2.75) is 71.1 Å². The average Bonchev–Trinajstić information content (AvgIpc) is 2.76. The number of amides is 3. The van der Waals surface area contributed by atoms with E-state index >= 15 is 0 Å². The number of aromatic hydroxyl groups is 1. The number of rotatable bonds is 14. The average molecular weight is 509 g/mol. The van der Waals surface area contributed by atoms with Crippen LogP contribution in [0, 0.1) is 11.8 Å². The smallest absolute Gasteiger partial charge is 0.326 e. The molecular weight excluding hydrogens is 472 g/mol. The Labute approximate surface area is 209 Å². The Morgan fingerprint density at radius 3 is 1.86 bits per heavy atom. The summed E-state index contributed by atoms with van der Waals surface area (Å²) in [5.74, 6) is -5.36. The van der Waals surface area contributed by atoms with Gasteiger partial charge in [0.1, 0.15) is 23.9 Å². The molecule has 0 bridgehead atoms. The Bertz CT molecular complexity index is 933. The molecule has 8 N–H and O–H groups in total. The molecular formula is C24H36N4O8. The summed E-state index contributed by atoms with van der Waals surface area (Å²) in [5.41, 5.74) is 6.45. The minimum atomic E-state index is -1.72. The highest BCUT2D eigenvalue weighted by molar-refractivity contribution is 5.94. The van der Waals surface area contributed by atoms with Crippen LogP contribution in [0.5, 0.6) is 5.75 Å². The van der Waals surface area contributed by atoms with Crippen molar-refractivity contribution in [1.29, 1.82) is 0 Å². The van der Waals surface area contributed by atoms with Crippen molar-refractivity contribution < 1.29 is 39.3 Å². The van der Waals surface area contributed by atoms with Crippen molar-refractivity contribution in [3.63, 3.8) is 0 Å². The zero-order valence-corrected chi connectivity index (χ0v) is 20.9. The first-order chi connectivity index (χ1) is 16.7. The van der Waals surface area contributed by atoms with Gasteiger partial charge in [-0.3, -0.25) is 19.2 Å². The van der Waals surface area contributed by atoms with Gasteiger partial charge in [0.25, 0.3) is 0 Å². The lowest BCUT2D eigenvalue weighted by Gasteiger charge is -2.27. The van der Waals surface area contributed by atoms with Gasteiger partial charge >= 0.3 is 11.9 Å². The van der Waals surface area contributed by atoms with Gasteiger partial charge in [0, 0.05) is 6.42 Å². The predicted octanol–water partition coefficient (Wildman–Crippen LogP) is -0.0222. The highest BCUT2D eigenvalue weighted by Crippen LogP contribution is 2.13. The second kappa shape index (κ2) is 14.0. The number of nitrogens with one attached hydrogen (secondary N) is 3. The zero-order valence-electron chi connectivity index (χ0n) is 20.9. The van der Waals surface area contributed by atoms with Gasteiger partial charge in [-0.25, -0.2) is 4.79 Å². The maximum atomic E-state index is 13.1. The highest BCUT2D eigenvalue weighted by Gasteiger charge is 2.32. The molecule has 4 unspecified atom stereocenters. The first-order valence-electron chi connectivity index (χ1n) is 11.6. The first kappa shape index (κ1) is 30.4. The van der Waals surface area contributed by atoms with Crippen LogP contribution in [-0.4, -0.2) is 69.1 Å². The summed E-state index contributed by atoms with van der Waals surface area (Å²) >= 11 is 0. The second-order valence-electron chi connectivity index (χ2n) is 9.40. The minimum Gasteiger partial charge on any atom is -0.508 e. The molecule has 36 heavy (non-hydrogen) atoms. The number of carbonyl (C=O) groups excluding carboxylic acids is 3. The lowest BCUT2D eigenvalue weighted by atomic mass is 9.99. The number of hydrogen-bond acceptors (Lipinski definition) is 7. The van der Waals surface area contributed by atoms with Crippen molar-refractivity contribution in [3.05, 3.63) is 29.8 Å². The van der Waals surface area contributed by atoms with Crippen molar-refractivity contribution >= 4 is 29.7 Å². The third kappa shape index (κ3) is 10.3. The lowest BCUT2D eigenvalue weighted by molar-refractivity contribution is -0.147. The van der Waals surface area contributed by atoms with Crippen LogP contribution in [0.2, 0.25) is 0 Å². The van der Waals surface area contributed by atoms with Crippen LogP contribution in [0.3, 0.4) is 0 Å². The Morgan fingerprint density at radius 1 is 0.833 bits per heavy atom. The normalized spacial score (nSPS) is 14.4. The summed E-state index contributed by atoms with van der Waals surface area (Å²) in [7, 11) is 0. The highest BCUT2D eigenvalue weighted by atomic mass is 16.4. The molecule has 0 radical (unpaired) electrons. The Kier molecular flexibility index (Phi) is 11.8. The van der Waals surface area contributed by atoms with E-state index in [2.05, 4.69) is 16.0 Å². The molecule has 12 heteroatoms. The molecule has 1 rings (SSSR count). The summed E-state index contributed by atoms with van der Waals surface area (Å²) in [4.78, 5) is 61.0. The molecule has 0 spiro atoms. The minimum absolute atomic E-state index is 0.0171. The van der Waals surface area contributed by atoms with Gasteiger partial charge in [-0.15, -0.1) is 0 Å². The number of benzene rings is 1. The SMILES string of the molecule is CC(C)CC(N)C(=O)NC(C(=O)NC(Cc1ccc(O)cc1)C(=O)NC(CC(=O)O)C(=O)O)C(C)C. The summed E-state index contributed by atoms with van der Waals surface area (Å²) in [6.45, 7) is 7.20. The molecule has 0 saturated carbocycles. The monoisotopic (exact) mass is 508 g/mol. The van der Waals surface area contributed by atoms with E-state index < -0.39 is 60.2 Å². The van der Waals surface area contributed by atoms with Gasteiger partial charge in [0.2, 0.25) is 17.7 Å². The van der Waals surface area contributed by atoms with E-state index in [-0.39, 0.29) is 24.0 Å². The fraction of sp³-hybridized carbons (Fsp3) is 0.542. The van der Waals surface area contributed by atoms with Crippen molar-refractivity contribution in [2.75, 3.05) is 0 Å². The van der Waals surface area contributed by atoms with Crippen LogP contribution in [0.15, 0.2) is 24.3 Å². The number of carbonyl (C=O) groups is 5. The number of aliphatic carboxylic acids is 2. The molecule has 12 nitrogen and oxygen atoms in total. The van der Waals surface area contributed by atoms with E-state index in [9.17, 15) is 34.2 Å². The summed E-state index contributed by atoms with van der Waals surface area (Å²) in [5, 5.41) is 35.0. The van der Waals surface area contributed by atoms with Crippen molar-refractivity contribution in [2.24, 2.45) is 17.6 Å². The quantitative estimate of drug-likeness (QED) is 0.180. The molecule has 0 fully saturated rings. The van der Waals surface area contributed by atoms with Crippen LogP contribution < -0.4 is 21.7 Å². The third-order valence-corrected chi connectivity index (χ3v) is 5.31. The summed E-state index contributed by atoms with van der Waals surface area (Å²) < 4.78 is 0. The Hall–Kier alpha value is -3.67. The largest absolute Gasteiger partial charge is 0.508 e. The number of carboxylic acids is 2. The topological polar surface area (TPSA) is 208 Å². The number of phenolic OH excluding ortho intramolecular Hbond substituents is 1. The standard InChI is InChI=1S/C24H36N4O8/c1-12(2)9-16(25)21(32)28-20(13(3)4)23(34)26-17(10-14-5-7-15(29)8-6-14)22(33)27-18(24(35)36)11-19(30)31/h5-8,12-13,16-18,20,29H,9-11,25H2,1-4H3,(H,26,34)(H,27,33)(H,28,32)(H,30,31)(H,35,36). The molecule has 0 aliphatic rings. The van der Waals surface area contributed by atoms with Gasteiger partial charge < -0.3 is 37.0 Å². The predicted molar refractivity (Wildman–Crippen MR) is 130 cm³/mol. The van der Waals surface area contributed by atoms with E-state index in [1.807, 2.05) is 13.8 Å². The van der Waals surface area contributed by atoms with Gasteiger partial charge in [-0.2, -0.15) is 0 Å². The van der Waals surface area contributed by atoms with Gasteiger partial charge in [0.15, 0.2) is 0 Å². The zero-order chi connectivity index (χ0) is 27.6. The van der Waals surface area contributed by atoms with Crippen LogP contribution >= 0.6 is 0 Å². The van der Waals surface area contributed by atoms with Crippen LogP contribution in [0.4, 0.5) is 0 Å². The van der Waals surface area contributed by atoms with Crippen LogP contribution in [0.25, 0.3) is 0 Å². The number of phenols is 1. The number of carboxylic acid groups (broad SMARTS) is 2. The van der Waals surface area contributed by atoms with E-state index in [4.69, 9.17) is 10.8 Å². The van der Waals surface area contributed by atoms with Crippen LogP contribution in [0.1, 0.15) is 46.1 Å². The van der Waals surface area contributed by atoms with E-state index in [0.717, 1.165) is 0 Å². The summed E-state index contributed by atoms with van der Waals surface area (Å²) in [6.07, 6.45) is -0.549. The second-order valence-corrected chi connectivity index (χ2v) is 9.40. The Morgan fingerprint density at radius 2 is 1.39 bits per heavy atom. The third-order valence-electron chi connectivity index (χ3n) is 5.31. The van der Waals surface area contributed by atoms with Gasteiger partial charge in [-0.1, -0.05) is 39.8 Å². The maximum absolute atomic E-state index is 13.1. The Balaban J connectivity index is 3.13. The fourth-order valence-electron chi connectivity index (χ4n) is 3.40. The van der Waals surface area contributed by atoms with Crippen LogP contribution in [-0.2, 0) is 30.4 Å². The number of hydrogen-bond donors (Lipinski definition) is 7. The van der Waals surface area contributed by atoms with E-state index in [1.54, 1.807) is 13.8 Å². The fourth-order valence-corrected chi connectivity index (χ4v) is 3.40. The first-order valence-corrected chi connectivity index (χ1v) is 11.6. The van der Waals surface area contributed by atoms with E-state index in [1.165, 1.54) is 24.3 Å². The summed E-state index contributed by atoms with van der Waals surface area (Å²) in [6, 6.07) is 0.889. The molecule has 200 valence electrons. The number of nitrogens with two attached hydrogens (primary N) is 1.